The Labute approximate surface area is 183 Å². The van der Waals surface area contributed by atoms with Crippen LogP contribution >= 0.6 is 0 Å². The molecule has 0 heterocycles. The van der Waals surface area contributed by atoms with Gasteiger partial charge in [-0.15, -0.1) is 0 Å². The molecule has 4 fully saturated rings. The van der Waals surface area contributed by atoms with Crippen molar-refractivity contribution in [3.8, 4) is 0 Å². The zero-order valence-electron chi connectivity index (χ0n) is 20.6. The van der Waals surface area contributed by atoms with Crippen LogP contribution in [0.5, 0.6) is 0 Å². The lowest BCUT2D eigenvalue weighted by atomic mass is 9.49. The van der Waals surface area contributed by atoms with Crippen LogP contribution in [0, 0.1) is 35.0 Å². The minimum atomic E-state index is -1.53. The van der Waals surface area contributed by atoms with E-state index in [2.05, 4.69) is 53.1 Å². The average Bonchev–Trinajstić information content (AvgIpc) is 2.82. The van der Waals surface area contributed by atoms with Gasteiger partial charge in [0.25, 0.3) is 0 Å². The second-order valence-corrected chi connectivity index (χ2v) is 22.4. The van der Waals surface area contributed by atoms with Gasteiger partial charge in [0.15, 0.2) is 16.6 Å². The Bertz CT molecular complexity index is 609. The van der Waals surface area contributed by atoms with Crippen molar-refractivity contribution in [1.29, 1.82) is 0 Å². The molecule has 0 spiro atoms. The molecule has 4 aliphatic carbocycles. The van der Waals surface area contributed by atoms with Crippen molar-refractivity contribution in [3.63, 3.8) is 0 Å². The number of hydrogen-bond donors (Lipinski definition) is 0. The third-order valence-corrected chi connectivity index (χ3v) is 11.6. The molecular weight excluding hydrogens is 388 g/mol. The van der Waals surface area contributed by atoms with Crippen LogP contribution in [-0.4, -0.2) is 28.3 Å². The normalized spacial score (nSPS) is 48.0. The molecule has 4 aliphatic rings. The molecule has 0 aromatic carbocycles. The molecule has 4 heteroatoms. The van der Waals surface area contributed by atoms with E-state index in [1.54, 1.807) is 0 Å². The van der Waals surface area contributed by atoms with E-state index in [0.29, 0.717) is 11.5 Å². The molecular formula is C25H48O2Si2. The summed E-state index contributed by atoms with van der Waals surface area (Å²) in [7, 11) is -2.94. The lowest BCUT2D eigenvalue weighted by Gasteiger charge is -2.58. The third-order valence-electron chi connectivity index (χ3n) is 9.49. The Balaban J connectivity index is 1.47. The molecule has 168 valence electrons. The van der Waals surface area contributed by atoms with Crippen molar-refractivity contribution >= 4 is 16.6 Å². The predicted octanol–water partition coefficient (Wildman–Crippen LogP) is 7.47. The second kappa shape index (κ2) is 7.45. The third kappa shape index (κ3) is 4.21. The number of hydrogen-bond acceptors (Lipinski definition) is 2. The van der Waals surface area contributed by atoms with Gasteiger partial charge in [0, 0.05) is 6.10 Å². The lowest BCUT2D eigenvalue weighted by Crippen LogP contribution is -2.56. The van der Waals surface area contributed by atoms with Gasteiger partial charge in [0.05, 0.1) is 5.60 Å². The first-order chi connectivity index (χ1) is 13.3. The summed E-state index contributed by atoms with van der Waals surface area (Å²) in [4.78, 5) is 0. The van der Waals surface area contributed by atoms with Crippen LogP contribution in [-0.2, 0) is 8.85 Å². The summed E-state index contributed by atoms with van der Waals surface area (Å²) in [5.74, 6) is 4.80. The van der Waals surface area contributed by atoms with Gasteiger partial charge in [-0.1, -0.05) is 6.92 Å². The second-order valence-electron chi connectivity index (χ2n) is 13.5. The van der Waals surface area contributed by atoms with Crippen molar-refractivity contribution < 1.29 is 8.85 Å². The summed E-state index contributed by atoms with van der Waals surface area (Å²) in [6, 6.07) is 0. The van der Waals surface area contributed by atoms with Crippen molar-refractivity contribution in [1.82, 2.24) is 0 Å². The molecule has 0 aromatic heterocycles. The SMILES string of the molecule is C[C@]12CCC3C(CC[C@H]4C[C@H](O[Si](C)(C)C)CCC34)C1CC[C@]2(C)O[Si](C)(C)C. The highest BCUT2D eigenvalue weighted by Gasteiger charge is 2.62. The van der Waals surface area contributed by atoms with Crippen LogP contribution in [0.4, 0.5) is 0 Å². The fourth-order valence-electron chi connectivity index (χ4n) is 8.49. The summed E-state index contributed by atoms with van der Waals surface area (Å²) >= 11 is 0. The molecule has 0 radical (unpaired) electrons. The summed E-state index contributed by atoms with van der Waals surface area (Å²) in [5, 5.41) is 0. The Morgan fingerprint density at radius 1 is 0.690 bits per heavy atom. The molecule has 8 atom stereocenters. The summed E-state index contributed by atoms with van der Waals surface area (Å²) < 4.78 is 13.5. The standard InChI is InChI=1S/C25H48O2Si2/c1-24-15-13-21-20-12-10-19(26-28(3,4)5)17-18(20)9-11-22(21)23(24)14-16-25(24,2)27-29(6,7)8/h18-23H,9-17H2,1-8H3/t18-,19+,20?,21?,22?,23?,24-,25-/m0/s1. The molecule has 4 rings (SSSR count). The summed E-state index contributed by atoms with van der Waals surface area (Å²) in [6.07, 6.45) is 13.2. The van der Waals surface area contributed by atoms with E-state index in [0.717, 1.165) is 29.6 Å². The van der Waals surface area contributed by atoms with Gasteiger partial charge in [0.2, 0.25) is 0 Å². The van der Waals surface area contributed by atoms with Gasteiger partial charge in [0.1, 0.15) is 0 Å². The molecule has 2 nitrogen and oxygen atoms in total. The average molecular weight is 437 g/mol. The maximum Gasteiger partial charge on any atom is 0.184 e. The van der Waals surface area contributed by atoms with E-state index < -0.39 is 16.6 Å². The molecule has 29 heavy (non-hydrogen) atoms. The smallest absolute Gasteiger partial charge is 0.184 e. The van der Waals surface area contributed by atoms with E-state index in [-0.39, 0.29) is 5.60 Å². The van der Waals surface area contributed by atoms with Gasteiger partial charge >= 0.3 is 0 Å². The summed E-state index contributed by atoms with van der Waals surface area (Å²) in [6.45, 7) is 19.3. The van der Waals surface area contributed by atoms with Crippen LogP contribution in [0.2, 0.25) is 39.3 Å². The van der Waals surface area contributed by atoms with E-state index in [1.807, 2.05) is 0 Å². The van der Waals surface area contributed by atoms with E-state index in [4.69, 9.17) is 8.85 Å². The predicted molar refractivity (Wildman–Crippen MR) is 128 cm³/mol. The Morgan fingerprint density at radius 3 is 2.03 bits per heavy atom. The van der Waals surface area contributed by atoms with E-state index in [1.165, 1.54) is 57.8 Å². The highest BCUT2D eigenvalue weighted by molar-refractivity contribution is 6.70. The first kappa shape index (κ1) is 22.5. The fraction of sp³-hybridized carbons (Fsp3) is 1.00. The Morgan fingerprint density at radius 2 is 1.38 bits per heavy atom. The van der Waals surface area contributed by atoms with Crippen molar-refractivity contribution in [2.45, 2.75) is 123 Å². The largest absolute Gasteiger partial charge is 0.415 e. The van der Waals surface area contributed by atoms with Crippen LogP contribution in [0.1, 0.15) is 71.6 Å². The minimum absolute atomic E-state index is 0.118. The molecule has 4 unspecified atom stereocenters. The maximum atomic E-state index is 6.93. The maximum absolute atomic E-state index is 6.93. The highest BCUT2D eigenvalue weighted by Crippen LogP contribution is 2.66. The van der Waals surface area contributed by atoms with Gasteiger partial charge in [-0.05, 0) is 139 Å². The van der Waals surface area contributed by atoms with Gasteiger partial charge in [-0.2, -0.15) is 0 Å². The van der Waals surface area contributed by atoms with Crippen molar-refractivity contribution in [2.75, 3.05) is 0 Å². The van der Waals surface area contributed by atoms with Gasteiger partial charge in [-0.3, -0.25) is 0 Å². The van der Waals surface area contributed by atoms with Crippen LogP contribution in [0.15, 0.2) is 0 Å². The van der Waals surface area contributed by atoms with Crippen LogP contribution in [0.3, 0.4) is 0 Å². The zero-order valence-corrected chi connectivity index (χ0v) is 22.6. The molecule has 0 aliphatic heterocycles. The first-order valence-electron chi connectivity index (χ1n) is 12.7. The van der Waals surface area contributed by atoms with E-state index >= 15 is 0 Å². The Hall–Kier alpha value is 0.354. The monoisotopic (exact) mass is 436 g/mol. The molecule has 0 bridgehead atoms. The minimum Gasteiger partial charge on any atom is -0.415 e. The van der Waals surface area contributed by atoms with Crippen molar-refractivity contribution in [3.05, 3.63) is 0 Å². The fourth-order valence-corrected chi connectivity index (χ4v) is 11.4. The number of rotatable bonds is 4. The van der Waals surface area contributed by atoms with Crippen LogP contribution < -0.4 is 0 Å². The van der Waals surface area contributed by atoms with E-state index in [9.17, 15) is 0 Å². The van der Waals surface area contributed by atoms with Crippen molar-refractivity contribution in [2.24, 2.45) is 35.0 Å². The molecule has 0 N–H and O–H groups in total. The molecule has 4 saturated carbocycles. The quantitative estimate of drug-likeness (QED) is 0.425. The van der Waals surface area contributed by atoms with Crippen LogP contribution in [0.25, 0.3) is 0 Å². The number of fused-ring (bicyclic) bond motifs is 5. The molecule has 0 amide bonds. The highest BCUT2D eigenvalue weighted by atomic mass is 28.4. The molecule has 0 aromatic rings. The zero-order chi connectivity index (χ0) is 21.2. The van der Waals surface area contributed by atoms with Gasteiger partial charge < -0.3 is 8.85 Å². The summed E-state index contributed by atoms with van der Waals surface area (Å²) in [5.41, 5.74) is 0.520. The first-order valence-corrected chi connectivity index (χ1v) is 19.5. The molecule has 0 saturated heterocycles. The lowest BCUT2D eigenvalue weighted by molar-refractivity contribution is -0.118. The van der Waals surface area contributed by atoms with Gasteiger partial charge in [-0.25, -0.2) is 0 Å². The topological polar surface area (TPSA) is 18.5 Å². The Kier molecular flexibility index (Phi) is 5.79.